The van der Waals surface area contributed by atoms with Crippen LogP contribution in [0.2, 0.25) is 0 Å². The largest absolute Gasteiger partial charge is 0.395 e. The van der Waals surface area contributed by atoms with Crippen molar-refractivity contribution in [2.75, 3.05) is 38.2 Å². The molecule has 6 heteroatoms. The Labute approximate surface area is 130 Å². The zero-order valence-electron chi connectivity index (χ0n) is 12.9. The van der Waals surface area contributed by atoms with Crippen molar-refractivity contribution in [3.8, 4) is 11.5 Å². The van der Waals surface area contributed by atoms with Crippen LogP contribution in [0, 0.1) is 0 Å². The Morgan fingerprint density at radius 3 is 2.68 bits per heavy atom. The Bertz CT molecular complexity index is 579. The van der Waals surface area contributed by atoms with E-state index in [4.69, 9.17) is 9.63 Å². The van der Waals surface area contributed by atoms with Crippen molar-refractivity contribution in [1.29, 1.82) is 0 Å². The number of aliphatic hydroxyl groups is 1. The second-order valence-electron chi connectivity index (χ2n) is 5.69. The average molecular weight is 302 g/mol. The van der Waals surface area contributed by atoms with Crippen LogP contribution in [0.3, 0.4) is 0 Å². The lowest BCUT2D eigenvalue weighted by atomic mass is 10.0. The summed E-state index contributed by atoms with van der Waals surface area (Å²) in [5.74, 6) is 1.23. The predicted molar refractivity (Wildman–Crippen MR) is 84.7 cm³/mol. The third-order valence-corrected chi connectivity index (χ3v) is 4.26. The second-order valence-corrected chi connectivity index (χ2v) is 5.69. The third-order valence-electron chi connectivity index (χ3n) is 4.26. The molecule has 1 aliphatic heterocycles. The molecule has 1 aliphatic rings. The van der Waals surface area contributed by atoms with Crippen LogP contribution >= 0.6 is 0 Å². The van der Waals surface area contributed by atoms with Crippen molar-refractivity contribution in [2.45, 2.75) is 18.9 Å². The summed E-state index contributed by atoms with van der Waals surface area (Å²) in [4.78, 5) is 8.90. The first kappa shape index (κ1) is 15.0. The molecular formula is C16H22N4O2. The first-order valence-corrected chi connectivity index (χ1v) is 7.73. The summed E-state index contributed by atoms with van der Waals surface area (Å²) in [5.41, 5.74) is 0.943. The lowest BCUT2D eigenvalue weighted by molar-refractivity contribution is 0.161. The minimum atomic E-state index is 0.210. The highest BCUT2D eigenvalue weighted by Gasteiger charge is 2.25. The highest BCUT2D eigenvalue weighted by molar-refractivity contribution is 5.54. The number of anilines is 1. The number of aliphatic hydroxyl groups excluding tert-OH is 1. The zero-order valence-corrected chi connectivity index (χ0v) is 12.9. The van der Waals surface area contributed by atoms with Gasteiger partial charge >= 0.3 is 0 Å². The second kappa shape index (κ2) is 6.89. The fourth-order valence-corrected chi connectivity index (χ4v) is 2.89. The molecule has 3 rings (SSSR count). The Kier molecular flexibility index (Phi) is 4.70. The maximum Gasteiger partial charge on any atom is 0.266 e. The van der Waals surface area contributed by atoms with Crippen molar-refractivity contribution in [3.05, 3.63) is 30.3 Å². The summed E-state index contributed by atoms with van der Waals surface area (Å²) in [6, 6.07) is 10.3. The van der Waals surface area contributed by atoms with Gasteiger partial charge in [-0.15, -0.1) is 0 Å². The molecule has 1 N–H and O–H groups in total. The molecule has 0 aliphatic carbocycles. The van der Waals surface area contributed by atoms with Gasteiger partial charge in [0.15, 0.2) is 0 Å². The highest BCUT2D eigenvalue weighted by atomic mass is 16.5. The Hall–Kier alpha value is -1.92. The van der Waals surface area contributed by atoms with Crippen LogP contribution in [0.4, 0.5) is 5.95 Å². The molecular weight excluding hydrogens is 280 g/mol. The molecule has 0 radical (unpaired) electrons. The summed E-state index contributed by atoms with van der Waals surface area (Å²) in [6.45, 7) is 2.76. The quantitative estimate of drug-likeness (QED) is 0.905. The molecule has 1 aromatic heterocycles. The van der Waals surface area contributed by atoms with E-state index in [1.54, 1.807) is 0 Å². The van der Waals surface area contributed by atoms with Crippen molar-refractivity contribution >= 4 is 5.95 Å². The van der Waals surface area contributed by atoms with E-state index in [-0.39, 0.29) is 6.61 Å². The fourth-order valence-electron chi connectivity index (χ4n) is 2.89. The Balaban J connectivity index is 1.61. The molecule has 0 spiro atoms. The Morgan fingerprint density at radius 1 is 1.27 bits per heavy atom. The van der Waals surface area contributed by atoms with Crippen LogP contribution in [-0.2, 0) is 0 Å². The van der Waals surface area contributed by atoms with Crippen LogP contribution in [0.1, 0.15) is 12.8 Å². The molecule has 1 fully saturated rings. The van der Waals surface area contributed by atoms with Crippen LogP contribution in [-0.4, -0.2) is 59.5 Å². The van der Waals surface area contributed by atoms with Gasteiger partial charge in [-0.05, 0) is 37.2 Å². The molecule has 0 unspecified atom stereocenters. The van der Waals surface area contributed by atoms with Gasteiger partial charge in [-0.2, -0.15) is 4.98 Å². The molecule has 22 heavy (non-hydrogen) atoms. The fraction of sp³-hybridized carbons (Fsp3) is 0.500. The number of piperidine rings is 1. The monoisotopic (exact) mass is 302 g/mol. The van der Waals surface area contributed by atoms with Gasteiger partial charge in [-0.25, -0.2) is 0 Å². The molecule has 0 bridgehead atoms. The Morgan fingerprint density at radius 2 is 2.00 bits per heavy atom. The van der Waals surface area contributed by atoms with Crippen LogP contribution < -0.4 is 4.90 Å². The molecule has 2 aromatic rings. The number of likely N-dealkylation sites (N-methyl/N-ethyl adjacent to an activating group) is 1. The van der Waals surface area contributed by atoms with Gasteiger partial charge in [0.1, 0.15) is 0 Å². The normalized spacial score (nSPS) is 16.4. The molecule has 6 nitrogen and oxygen atoms in total. The number of hydrogen-bond donors (Lipinski definition) is 1. The van der Waals surface area contributed by atoms with Gasteiger partial charge in [-0.1, -0.05) is 18.2 Å². The number of nitrogens with zero attached hydrogens (tertiary/aromatic N) is 4. The topological polar surface area (TPSA) is 65.6 Å². The molecule has 0 atom stereocenters. The predicted octanol–water partition coefficient (Wildman–Crippen LogP) is 1.63. The van der Waals surface area contributed by atoms with E-state index in [2.05, 4.69) is 27.0 Å². The summed E-state index contributed by atoms with van der Waals surface area (Å²) in [6.07, 6.45) is 2.09. The summed E-state index contributed by atoms with van der Waals surface area (Å²) in [7, 11) is 2.07. The molecule has 118 valence electrons. The molecule has 1 saturated heterocycles. The maximum absolute atomic E-state index is 9.02. The summed E-state index contributed by atoms with van der Waals surface area (Å²) >= 11 is 0. The molecule has 2 heterocycles. The van der Waals surface area contributed by atoms with E-state index in [0.29, 0.717) is 17.9 Å². The van der Waals surface area contributed by atoms with Crippen LogP contribution in [0.25, 0.3) is 11.5 Å². The van der Waals surface area contributed by atoms with E-state index in [1.165, 1.54) is 0 Å². The van der Waals surface area contributed by atoms with E-state index < -0.39 is 0 Å². The van der Waals surface area contributed by atoms with Crippen LogP contribution in [0.5, 0.6) is 0 Å². The van der Waals surface area contributed by atoms with Gasteiger partial charge < -0.3 is 19.4 Å². The lowest BCUT2D eigenvalue weighted by Gasteiger charge is -2.35. The van der Waals surface area contributed by atoms with Crippen LogP contribution in [0.15, 0.2) is 34.9 Å². The third kappa shape index (κ3) is 3.28. The average Bonchev–Trinajstić information content (AvgIpc) is 3.06. The van der Waals surface area contributed by atoms with Gasteiger partial charge in [0.05, 0.1) is 6.61 Å². The highest BCUT2D eigenvalue weighted by Crippen LogP contribution is 2.23. The lowest BCUT2D eigenvalue weighted by Crippen LogP contribution is -2.44. The maximum atomic E-state index is 9.02. The number of hydrogen-bond acceptors (Lipinski definition) is 6. The van der Waals surface area contributed by atoms with Crippen molar-refractivity contribution in [2.24, 2.45) is 0 Å². The smallest absolute Gasteiger partial charge is 0.266 e. The van der Waals surface area contributed by atoms with E-state index in [9.17, 15) is 0 Å². The number of rotatable bonds is 5. The SMILES string of the molecule is CN(CCO)C1CCN(c2noc(-c3ccccc3)n2)CC1. The first-order valence-electron chi connectivity index (χ1n) is 7.73. The van der Waals surface area contributed by atoms with E-state index >= 15 is 0 Å². The van der Waals surface area contributed by atoms with Gasteiger partial charge in [-0.3, -0.25) is 0 Å². The van der Waals surface area contributed by atoms with Crippen molar-refractivity contribution in [3.63, 3.8) is 0 Å². The van der Waals surface area contributed by atoms with Gasteiger partial charge in [0.2, 0.25) is 0 Å². The van der Waals surface area contributed by atoms with E-state index in [1.807, 2.05) is 30.3 Å². The summed E-state index contributed by atoms with van der Waals surface area (Å²) in [5, 5.41) is 13.1. The zero-order chi connectivity index (χ0) is 15.4. The van der Waals surface area contributed by atoms with E-state index in [0.717, 1.165) is 38.0 Å². The van der Waals surface area contributed by atoms with Crippen molar-refractivity contribution < 1.29 is 9.63 Å². The first-order chi connectivity index (χ1) is 10.8. The standard InChI is InChI=1S/C16H22N4O2/c1-19(11-12-21)14-7-9-20(10-8-14)16-17-15(22-18-16)13-5-3-2-4-6-13/h2-6,14,21H,7-12H2,1H3. The summed E-state index contributed by atoms with van der Waals surface area (Å²) < 4.78 is 5.37. The number of benzene rings is 1. The van der Waals surface area contributed by atoms with Gasteiger partial charge in [0, 0.05) is 31.2 Å². The molecule has 1 aromatic carbocycles. The molecule has 0 saturated carbocycles. The molecule has 0 amide bonds. The number of aromatic nitrogens is 2. The minimum absolute atomic E-state index is 0.210. The van der Waals surface area contributed by atoms with Gasteiger partial charge in [0.25, 0.3) is 11.8 Å². The minimum Gasteiger partial charge on any atom is -0.395 e. The van der Waals surface area contributed by atoms with Crippen molar-refractivity contribution in [1.82, 2.24) is 15.0 Å².